The molecule has 0 fully saturated rings. The van der Waals surface area contributed by atoms with Gasteiger partial charge >= 0.3 is 0 Å². The molecule has 1 heterocycles. The molecule has 2 rings (SSSR count). The van der Waals surface area contributed by atoms with Gasteiger partial charge < -0.3 is 4.90 Å². The van der Waals surface area contributed by atoms with Crippen molar-refractivity contribution in [2.45, 2.75) is 6.92 Å². The Labute approximate surface area is 109 Å². The third kappa shape index (κ3) is 2.51. The second-order valence-electron chi connectivity index (χ2n) is 4.18. The predicted octanol–water partition coefficient (Wildman–Crippen LogP) is 0.790. The molecular formula is C12H12FNO4S. The maximum atomic E-state index is 13.2. The highest BCUT2D eigenvalue weighted by Crippen LogP contribution is 2.29. The lowest BCUT2D eigenvalue weighted by molar-refractivity contribution is -0.114. The van der Waals surface area contributed by atoms with E-state index in [1.165, 1.54) is 13.0 Å². The Kier molecular flexibility index (Phi) is 3.40. The number of amides is 1. The Balaban J connectivity index is 2.31. The Morgan fingerprint density at radius 1 is 1.26 bits per heavy atom. The second-order valence-corrected chi connectivity index (χ2v) is 6.66. The molecule has 0 saturated heterocycles. The summed E-state index contributed by atoms with van der Waals surface area (Å²) in [7, 11) is -3.26. The fraction of sp³-hybridized carbons (Fsp3) is 0.333. The van der Waals surface area contributed by atoms with E-state index in [2.05, 4.69) is 0 Å². The summed E-state index contributed by atoms with van der Waals surface area (Å²) >= 11 is 0. The zero-order chi connectivity index (χ0) is 14.2. The van der Waals surface area contributed by atoms with E-state index in [9.17, 15) is 22.4 Å². The number of halogens is 1. The molecule has 0 aromatic heterocycles. The third-order valence-electron chi connectivity index (χ3n) is 3.00. The number of carbonyl (C=O) groups excluding carboxylic acids is 2. The Bertz CT molecular complexity index is 654. The van der Waals surface area contributed by atoms with Crippen molar-refractivity contribution in [3.05, 3.63) is 29.6 Å². The molecule has 1 aromatic rings. The maximum absolute atomic E-state index is 13.2. The number of benzene rings is 1. The van der Waals surface area contributed by atoms with E-state index >= 15 is 0 Å². The van der Waals surface area contributed by atoms with E-state index in [0.29, 0.717) is 0 Å². The lowest BCUT2D eigenvalue weighted by Crippen LogP contribution is -2.34. The molecule has 1 aliphatic rings. The summed E-state index contributed by atoms with van der Waals surface area (Å²) in [5.41, 5.74) is 0.251. The highest BCUT2D eigenvalue weighted by Gasteiger charge is 2.36. The van der Waals surface area contributed by atoms with Crippen LogP contribution in [0.3, 0.4) is 0 Å². The van der Waals surface area contributed by atoms with Crippen molar-refractivity contribution in [3.8, 4) is 0 Å². The van der Waals surface area contributed by atoms with E-state index in [1.807, 2.05) is 0 Å². The van der Waals surface area contributed by atoms with Crippen LogP contribution in [0.1, 0.15) is 17.3 Å². The van der Waals surface area contributed by atoms with Crippen LogP contribution in [0.5, 0.6) is 0 Å². The summed E-state index contributed by atoms with van der Waals surface area (Å²) in [5, 5.41) is 0. The highest BCUT2D eigenvalue weighted by atomic mass is 32.2. The van der Waals surface area contributed by atoms with Crippen LogP contribution < -0.4 is 4.90 Å². The molecule has 0 bridgehead atoms. The van der Waals surface area contributed by atoms with Crippen molar-refractivity contribution >= 4 is 27.2 Å². The van der Waals surface area contributed by atoms with Crippen LogP contribution in [0, 0.1) is 5.82 Å². The first-order valence-electron chi connectivity index (χ1n) is 5.72. The van der Waals surface area contributed by atoms with Crippen LogP contribution in [0.25, 0.3) is 0 Å². The molecule has 0 radical (unpaired) electrons. The summed E-state index contributed by atoms with van der Waals surface area (Å²) in [6.45, 7) is 1.36. The molecule has 1 aromatic carbocycles. The number of sulfone groups is 1. The first-order chi connectivity index (χ1) is 8.85. The van der Waals surface area contributed by atoms with Crippen molar-refractivity contribution in [2.24, 2.45) is 0 Å². The second kappa shape index (κ2) is 4.73. The summed E-state index contributed by atoms with van der Waals surface area (Å²) in [4.78, 5) is 24.4. The minimum Gasteiger partial charge on any atom is -0.304 e. The zero-order valence-electron chi connectivity index (χ0n) is 10.2. The highest BCUT2D eigenvalue weighted by molar-refractivity contribution is 7.91. The fourth-order valence-corrected chi connectivity index (χ4v) is 2.61. The van der Waals surface area contributed by atoms with Crippen molar-refractivity contribution in [2.75, 3.05) is 23.0 Å². The molecule has 0 atom stereocenters. The maximum Gasteiger partial charge on any atom is 0.299 e. The van der Waals surface area contributed by atoms with Gasteiger partial charge in [-0.25, -0.2) is 12.8 Å². The van der Waals surface area contributed by atoms with E-state index in [4.69, 9.17) is 0 Å². The summed E-state index contributed by atoms with van der Waals surface area (Å²) in [6.07, 6.45) is 0. The molecule has 0 spiro atoms. The Hall–Kier alpha value is -1.76. The van der Waals surface area contributed by atoms with Gasteiger partial charge in [0.1, 0.15) is 5.82 Å². The third-order valence-corrected chi connectivity index (χ3v) is 4.68. The van der Waals surface area contributed by atoms with Gasteiger partial charge in [0.05, 0.1) is 17.0 Å². The van der Waals surface area contributed by atoms with Crippen LogP contribution in [-0.4, -0.2) is 38.2 Å². The first kappa shape index (κ1) is 13.7. The SMILES string of the molecule is CCS(=O)(=O)CCN1C(=O)C(=O)c2ccc(F)cc21. The predicted molar refractivity (Wildman–Crippen MR) is 67.4 cm³/mol. The molecule has 19 heavy (non-hydrogen) atoms. The number of fused-ring (bicyclic) bond motifs is 1. The standard InChI is InChI=1S/C12H12FNO4S/c1-2-19(17,18)6-5-14-10-7-8(13)3-4-9(10)11(15)12(14)16/h3-4,7H,2,5-6H2,1H3. The van der Waals surface area contributed by atoms with Crippen LogP contribution in [0.2, 0.25) is 0 Å². The van der Waals surface area contributed by atoms with E-state index < -0.39 is 27.3 Å². The fourth-order valence-electron chi connectivity index (χ4n) is 1.86. The lowest BCUT2D eigenvalue weighted by Gasteiger charge is -2.16. The van der Waals surface area contributed by atoms with Gasteiger partial charge in [-0.3, -0.25) is 9.59 Å². The van der Waals surface area contributed by atoms with Gasteiger partial charge in [-0.1, -0.05) is 6.92 Å². The Morgan fingerprint density at radius 3 is 2.58 bits per heavy atom. The molecule has 0 aliphatic carbocycles. The first-order valence-corrected chi connectivity index (χ1v) is 7.54. The van der Waals surface area contributed by atoms with Gasteiger partial charge in [0.15, 0.2) is 9.84 Å². The van der Waals surface area contributed by atoms with Crippen LogP contribution in [0.15, 0.2) is 18.2 Å². The van der Waals surface area contributed by atoms with Crippen molar-refractivity contribution in [1.29, 1.82) is 0 Å². The molecular weight excluding hydrogens is 273 g/mol. The molecule has 0 saturated carbocycles. The summed E-state index contributed by atoms with van der Waals surface area (Å²) < 4.78 is 36.0. The molecule has 5 nitrogen and oxygen atoms in total. The van der Waals surface area contributed by atoms with Crippen LogP contribution >= 0.6 is 0 Å². The van der Waals surface area contributed by atoms with Crippen LogP contribution in [-0.2, 0) is 14.6 Å². The summed E-state index contributed by atoms with van der Waals surface area (Å²) in [5.74, 6) is -2.42. The quantitative estimate of drug-likeness (QED) is 0.767. The molecule has 0 unspecified atom stereocenters. The summed E-state index contributed by atoms with van der Waals surface area (Å²) in [6, 6.07) is 3.40. The average molecular weight is 285 g/mol. The largest absolute Gasteiger partial charge is 0.304 e. The minimum absolute atomic E-state index is 0.0427. The topological polar surface area (TPSA) is 71.5 Å². The number of ketones is 1. The van der Waals surface area contributed by atoms with Gasteiger partial charge in [-0.15, -0.1) is 0 Å². The minimum atomic E-state index is -3.26. The number of carbonyl (C=O) groups is 2. The van der Waals surface area contributed by atoms with Gasteiger partial charge in [0, 0.05) is 12.3 Å². The lowest BCUT2D eigenvalue weighted by atomic mass is 10.1. The van der Waals surface area contributed by atoms with E-state index in [0.717, 1.165) is 17.0 Å². The van der Waals surface area contributed by atoms with Crippen LogP contribution in [0.4, 0.5) is 10.1 Å². The van der Waals surface area contributed by atoms with Gasteiger partial charge in [0.2, 0.25) is 0 Å². The molecule has 1 amide bonds. The number of hydrogen-bond acceptors (Lipinski definition) is 4. The van der Waals surface area contributed by atoms with Crippen molar-refractivity contribution < 1.29 is 22.4 Å². The van der Waals surface area contributed by atoms with Crippen molar-refractivity contribution in [3.63, 3.8) is 0 Å². The molecule has 102 valence electrons. The number of nitrogens with zero attached hydrogens (tertiary/aromatic N) is 1. The van der Waals surface area contributed by atoms with Gasteiger partial charge in [-0.2, -0.15) is 0 Å². The number of anilines is 1. The smallest absolute Gasteiger partial charge is 0.299 e. The number of rotatable bonds is 4. The molecule has 0 N–H and O–H groups in total. The van der Waals surface area contributed by atoms with Crippen molar-refractivity contribution in [1.82, 2.24) is 0 Å². The zero-order valence-corrected chi connectivity index (χ0v) is 11.0. The molecule has 7 heteroatoms. The number of Topliss-reactive ketones (excluding diaryl/α,β-unsaturated/α-hetero) is 1. The van der Waals surface area contributed by atoms with Gasteiger partial charge in [-0.05, 0) is 18.2 Å². The number of hydrogen-bond donors (Lipinski definition) is 0. The normalized spacial score (nSPS) is 14.9. The Morgan fingerprint density at radius 2 is 1.95 bits per heavy atom. The average Bonchev–Trinajstić information content (AvgIpc) is 2.60. The van der Waals surface area contributed by atoms with E-state index in [-0.39, 0.29) is 29.3 Å². The monoisotopic (exact) mass is 285 g/mol. The van der Waals surface area contributed by atoms with E-state index in [1.54, 1.807) is 0 Å². The van der Waals surface area contributed by atoms with Gasteiger partial charge in [0.25, 0.3) is 11.7 Å². The molecule has 1 aliphatic heterocycles.